The normalized spacial score (nSPS) is 19.0. The van der Waals surface area contributed by atoms with E-state index in [4.69, 9.17) is 10.5 Å². The van der Waals surface area contributed by atoms with Crippen LogP contribution in [0.3, 0.4) is 0 Å². The van der Waals surface area contributed by atoms with Crippen LogP contribution >= 0.6 is 0 Å². The van der Waals surface area contributed by atoms with E-state index in [0.717, 1.165) is 18.4 Å². The number of piperidine rings is 1. The van der Waals surface area contributed by atoms with Crippen LogP contribution in [0.5, 0.6) is 5.88 Å². The van der Waals surface area contributed by atoms with Gasteiger partial charge >= 0.3 is 0 Å². The zero-order chi connectivity index (χ0) is 21.8. The Hall–Kier alpha value is -3.75. The number of ether oxygens (including phenoxy) is 1. The molecule has 0 aliphatic carbocycles. The maximum atomic E-state index is 13.6. The van der Waals surface area contributed by atoms with E-state index in [0.29, 0.717) is 29.4 Å². The van der Waals surface area contributed by atoms with Crippen molar-refractivity contribution in [2.75, 3.05) is 19.3 Å². The standard InChI is InChI=1S/C22H25N7O2/c1-15-3-5-18(31-21-12-17(23)7-8-25-21)14-28(15)22(30)19-6-4-16(13-24-2)11-20(19)29-26-9-10-27-29/h4,6-13,15,18H,3,5,14H2,1-2H3,(H2,23,25)/t15-,18-/m1/s1. The van der Waals surface area contributed by atoms with Gasteiger partial charge in [0.1, 0.15) is 6.10 Å². The number of carbonyl (C=O) groups is 1. The molecule has 0 radical (unpaired) electrons. The average molecular weight is 419 g/mol. The van der Waals surface area contributed by atoms with Gasteiger partial charge in [0, 0.05) is 37.3 Å². The molecule has 2 N–H and O–H groups in total. The highest BCUT2D eigenvalue weighted by atomic mass is 16.5. The molecule has 1 fully saturated rings. The smallest absolute Gasteiger partial charge is 0.256 e. The Morgan fingerprint density at radius 2 is 2.00 bits per heavy atom. The fraction of sp³-hybridized carbons (Fsp3) is 0.318. The summed E-state index contributed by atoms with van der Waals surface area (Å²) in [5, 5.41) is 8.44. The fourth-order valence-electron chi connectivity index (χ4n) is 3.73. The lowest BCUT2D eigenvalue weighted by atomic mass is 9.99. The van der Waals surface area contributed by atoms with Crippen molar-refractivity contribution in [3.63, 3.8) is 0 Å². The van der Waals surface area contributed by atoms with Gasteiger partial charge in [0.05, 0.1) is 30.2 Å². The average Bonchev–Trinajstić information content (AvgIpc) is 3.30. The number of nitrogens with zero attached hydrogens (tertiary/aromatic N) is 6. The number of hydrogen-bond donors (Lipinski definition) is 1. The van der Waals surface area contributed by atoms with E-state index < -0.39 is 0 Å². The Balaban J connectivity index is 1.60. The number of benzene rings is 1. The number of carbonyl (C=O) groups excluding carboxylic acids is 1. The number of anilines is 1. The van der Waals surface area contributed by atoms with Gasteiger partial charge in [0.25, 0.3) is 5.91 Å². The first-order valence-electron chi connectivity index (χ1n) is 10.2. The van der Waals surface area contributed by atoms with Gasteiger partial charge in [-0.2, -0.15) is 15.0 Å². The lowest BCUT2D eigenvalue weighted by Crippen LogP contribution is -2.49. The van der Waals surface area contributed by atoms with Crippen molar-refractivity contribution in [1.82, 2.24) is 24.9 Å². The maximum Gasteiger partial charge on any atom is 0.256 e. The van der Waals surface area contributed by atoms with Gasteiger partial charge in [0.2, 0.25) is 5.88 Å². The molecule has 31 heavy (non-hydrogen) atoms. The highest BCUT2D eigenvalue weighted by Crippen LogP contribution is 2.25. The van der Waals surface area contributed by atoms with Gasteiger partial charge in [-0.15, -0.1) is 0 Å². The zero-order valence-corrected chi connectivity index (χ0v) is 17.5. The van der Waals surface area contributed by atoms with E-state index in [-0.39, 0.29) is 18.1 Å². The van der Waals surface area contributed by atoms with Crippen molar-refractivity contribution in [2.24, 2.45) is 4.99 Å². The molecule has 2 aromatic heterocycles. The van der Waals surface area contributed by atoms with E-state index in [9.17, 15) is 4.79 Å². The van der Waals surface area contributed by atoms with Crippen molar-refractivity contribution in [1.29, 1.82) is 0 Å². The third-order valence-corrected chi connectivity index (χ3v) is 5.31. The molecule has 1 amide bonds. The highest BCUT2D eigenvalue weighted by Gasteiger charge is 2.32. The number of amides is 1. The summed E-state index contributed by atoms with van der Waals surface area (Å²) in [5.74, 6) is 0.380. The number of rotatable bonds is 5. The lowest BCUT2D eigenvalue weighted by molar-refractivity contribution is 0.0373. The topological polar surface area (TPSA) is 112 Å². The molecule has 160 valence electrons. The van der Waals surface area contributed by atoms with Crippen LogP contribution in [0, 0.1) is 0 Å². The summed E-state index contributed by atoms with van der Waals surface area (Å²) in [7, 11) is 1.70. The fourth-order valence-corrected chi connectivity index (χ4v) is 3.73. The van der Waals surface area contributed by atoms with Crippen LogP contribution < -0.4 is 10.5 Å². The van der Waals surface area contributed by atoms with Crippen LogP contribution in [0.1, 0.15) is 35.7 Å². The third-order valence-electron chi connectivity index (χ3n) is 5.31. The molecule has 9 nitrogen and oxygen atoms in total. The number of aliphatic imine (C=N–C) groups is 1. The molecule has 1 saturated heterocycles. The molecule has 3 aromatic rings. The van der Waals surface area contributed by atoms with Crippen molar-refractivity contribution >= 4 is 17.8 Å². The van der Waals surface area contributed by atoms with E-state index >= 15 is 0 Å². The quantitative estimate of drug-likeness (QED) is 0.636. The molecule has 0 bridgehead atoms. The number of hydrogen-bond acceptors (Lipinski definition) is 7. The van der Waals surface area contributed by atoms with Crippen LogP contribution in [0.25, 0.3) is 5.69 Å². The molecule has 0 unspecified atom stereocenters. The molecule has 4 rings (SSSR count). The number of likely N-dealkylation sites (tertiary alicyclic amines) is 1. The van der Waals surface area contributed by atoms with Crippen LogP contribution in [-0.2, 0) is 0 Å². The summed E-state index contributed by atoms with van der Waals surface area (Å²) in [6.07, 6.45) is 8.01. The molecule has 1 aliphatic heterocycles. The Bertz CT molecular complexity index is 1080. The summed E-state index contributed by atoms with van der Waals surface area (Å²) in [4.78, 5) is 25.2. The second-order valence-corrected chi connectivity index (χ2v) is 7.53. The first-order valence-corrected chi connectivity index (χ1v) is 10.2. The van der Waals surface area contributed by atoms with Crippen LogP contribution in [-0.4, -0.2) is 62.7 Å². The Morgan fingerprint density at radius 3 is 2.74 bits per heavy atom. The molecule has 0 spiro atoms. The minimum atomic E-state index is -0.160. The van der Waals surface area contributed by atoms with Gasteiger partial charge in [0.15, 0.2) is 0 Å². The van der Waals surface area contributed by atoms with Crippen molar-refractivity contribution in [3.05, 3.63) is 60.0 Å². The van der Waals surface area contributed by atoms with E-state index in [2.05, 4.69) is 27.1 Å². The summed E-state index contributed by atoms with van der Waals surface area (Å²) >= 11 is 0. The van der Waals surface area contributed by atoms with Crippen LogP contribution in [0.15, 0.2) is 53.9 Å². The van der Waals surface area contributed by atoms with E-state index in [1.54, 1.807) is 50.1 Å². The van der Waals surface area contributed by atoms with E-state index in [1.165, 1.54) is 4.80 Å². The summed E-state index contributed by atoms with van der Waals surface area (Å²) in [6, 6.07) is 9.01. The first-order chi connectivity index (χ1) is 15.0. The molecular weight excluding hydrogens is 394 g/mol. The number of pyridine rings is 1. The monoisotopic (exact) mass is 419 g/mol. The molecular formula is C22H25N7O2. The number of aromatic nitrogens is 4. The van der Waals surface area contributed by atoms with Gasteiger partial charge < -0.3 is 15.4 Å². The van der Waals surface area contributed by atoms with Gasteiger partial charge in [-0.3, -0.25) is 9.79 Å². The van der Waals surface area contributed by atoms with Gasteiger partial charge in [-0.25, -0.2) is 4.98 Å². The second kappa shape index (κ2) is 8.95. The van der Waals surface area contributed by atoms with Crippen molar-refractivity contribution in [3.8, 4) is 11.6 Å². The number of nitrogens with two attached hydrogens (primary N) is 1. The molecule has 1 aromatic carbocycles. The SMILES string of the molecule is CN=Cc1ccc(C(=O)N2C[C@H](Oc3cc(N)ccn3)CC[C@H]2C)c(-n2nccn2)c1. The molecule has 2 atom stereocenters. The Morgan fingerprint density at radius 1 is 1.19 bits per heavy atom. The third kappa shape index (κ3) is 4.55. The van der Waals surface area contributed by atoms with Crippen LogP contribution in [0.4, 0.5) is 5.69 Å². The Labute approximate surface area is 180 Å². The van der Waals surface area contributed by atoms with E-state index in [1.807, 2.05) is 17.0 Å². The van der Waals surface area contributed by atoms with Crippen molar-refractivity contribution < 1.29 is 9.53 Å². The first kappa shape index (κ1) is 20.5. The minimum absolute atomic E-state index is 0.0801. The van der Waals surface area contributed by atoms with Gasteiger partial charge in [-0.1, -0.05) is 6.07 Å². The van der Waals surface area contributed by atoms with Crippen LogP contribution in [0.2, 0.25) is 0 Å². The predicted molar refractivity (Wildman–Crippen MR) is 118 cm³/mol. The summed E-state index contributed by atoms with van der Waals surface area (Å²) in [5.41, 5.74) is 8.42. The summed E-state index contributed by atoms with van der Waals surface area (Å²) in [6.45, 7) is 2.51. The number of nitrogen functional groups attached to an aromatic ring is 1. The molecule has 0 saturated carbocycles. The molecule has 1 aliphatic rings. The second-order valence-electron chi connectivity index (χ2n) is 7.53. The van der Waals surface area contributed by atoms with Gasteiger partial charge in [-0.05, 0) is 43.5 Å². The lowest BCUT2D eigenvalue weighted by Gasteiger charge is -2.38. The molecule has 3 heterocycles. The largest absolute Gasteiger partial charge is 0.472 e. The maximum absolute atomic E-state index is 13.6. The minimum Gasteiger partial charge on any atom is -0.472 e. The Kier molecular flexibility index (Phi) is 5.92. The molecule has 9 heteroatoms. The predicted octanol–water partition coefficient (Wildman–Crippen LogP) is 2.37. The zero-order valence-electron chi connectivity index (χ0n) is 17.5. The summed E-state index contributed by atoms with van der Waals surface area (Å²) < 4.78 is 6.02. The highest BCUT2D eigenvalue weighted by molar-refractivity contribution is 5.99. The van der Waals surface area contributed by atoms with Crippen molar-refractivity contribution in [2.45, 2.75) is 31.9 Å².